The second-order valence-electron chi connectivity index (χ2n) is 3.76. The first-order valence-electron chi connectivity index (χ1n) is 5.17. The van der Waals surface area contributed by atoms with Crippen molar-refractivity contribution in [1.82, 2.24) is 5.32 Å². The first-order chi connectivity index (χ1) is 7.52. The van der Waals surface area contributed by atoms with Crippen molar-refractivity contribution in [2.24, 2.45) is 5.73 Å². The van der Waals surface area contributed by atoms with Gasteiger partial charge < -0.3 is 11.1 Å². The van der Waals surface area contributed by atoms with Gasteiger partial charge in [0.25, 0.3) is 5.91 Å². The molecule has 0 aliphatic carbocycles. The second kappa shape index (κ2) is 5.42. The highest BCUT2D eigenvalue weighted by atomic mass is 16.2. The van der Waals surface area contributed by atoms with E-state index >= 15 is 0 Å². The van der Waals surface area contributed by atoms with Crippen LogP contribution in [0.4, 0.5) is 0 Å². The zero-order valence-corrected chi connectivity index (χ0v) is 9.44. The largest absolute Gasteiger partial charge is 0.343 e. The third-order valence-corrected chi connectivity index (χ3v) is 2.28. The molecule has 0 bridgehead atoms. The lowest BCUT2D eigenvalue weighted by Gasteiger charge is -2.14. The number of amides is 1. The maximum atomic E-state index is 11.4. The van der Waals surface area contributed by atoms with E-state index in [1.54, 1.807) is 0 Å². The molecule has 0 fully saturated rings. The summed E-state index contributed by atoms with van der Waals surface area (Å²) in [6.45, 7) is 3.32. The predicted octanol–water partition coefficient (Wildman–Crippen LogP) is 0.780. The van der Waals surface area contributed by atoms with Gasteiger partial charge >= 0.3 is 0 Å². The molecule has 16 heavy (non-hydrogen) atoms. The van der Waals surface area contributed by atoms with Gasteiger partial charge in [-0.1, -0.05) is 30.3 Å². The van der Waals surface area contributed by atoms with Crippen LogP contribution in [0.15, 0.2) is 30.3 Å². The third-order valence-electron chi connectivity index (χ3n) is 2.28. The predicted molar refractivity (Wildman–Crippen MR) is 61.7 cm³/mol. The molecular weight excluding hydrogens is 204 g/mol. The van der Waals surface area contributed by atoms with E-state index in [0.717, 1.165) is 5.56 Å². The van der Waals surface area contributed by atoms with Crippen LogP contribution in [-0.4, -0.2) is 17.7 Å². The highest BCUT2D eigenvalue weighted by molar-refractivity contribution is 6.38. The van der Waals surface area contributed by atoms with Crippen molar-refractivity contribution in [3.63, 3.8) is 0 Å². The molecule has 4 nitrogen and oxygen atoms in total. The maximum absolute atomic E-state index is 11.4. The van der Waals surface area contributed by atoms with Crippen LogP contribution in [0.5, 0.6) is 0 Å². The molecule has 4 heteroatoms. The number of hydrogen-bond acceptors (Lipinski definition) is 3. The molecule has 0 spiro atoms. The molecule has 0 aliphatic heterocycles. The molecule has 1 aromatic rings. The van der Waals surface area contributed by atoms with Crippen molar-refractivity contribution in [2.75, 3.05) is 0 Å². The molecule has 3 N–H and O–H groups in total. The fourth-order valence-electron chi connectivity index (χ4n) is 1.30. The maximum Gasteiger partial charge on any atom is 0.289 e. The fraction of sp³-hybridized carbons (Fsp3) is 0.333. The van der Waals surface area contributed by atoms with E-state index in [4.69, 9.17) is 5.73 Å². The summed E-state index contributed by atoms with van der Waals surface area (Å²) in [5, 5.41) is 2.61. The van der Waals surface area contributed by atoms with E-state index in [1.807, 2.05) is 37.3 Å². The average molecular weight is 220 g/mol. The number of hydrogen-bond donors (Lipinski definition) is 2. The quantitative estimate of drug-likeness (QED) is 0.736. The summed E-state index contributed by atoms with van der Waals surface area (Å²) in [7, 11) is 0. The number of carbonyl (C=O) groups excluding carboxylic acids is 2. The number of benzene rings is 1. The second-order valence-corrected chi connectivity index (χ2v) is 3.76. The molecule has 0 saturated heterocycles. The van der Waals surface area contributed by atoms with Gasteiger partial charge in [-0.05, 0) is 19.4 Å². The van der Waals surface area contributed by atoms with Gasteiger partial charge in [-0.25, -0.2) is 0 Å². The highest BCUT2D eigenvalue weighted by Gasteiger charge is 2.19. The van der Waals surface area contributed by atoms with Gasteiger partial charge in [0.2, 0.25) is 5.78 Å². The fourth-order valence-corrected chi connectivity index (χ4v) is 1.30. The summed E-state index contributed by atoms with van der Waals surface area (Å²) in [4.78, 5) is 22.7. The Balaban J connectivity index is 2.62. The van der Waals surface area contributed by atoms with Crippen LogP contribution in [0.1, 0.15) is 25.5 Å². The van der Waals surface area contributed by atoms with Crippen LogP contribution in [0.3, 0.4) is 0 Å². The van der Waals surface area contributed by atoms with Crippen molar-refractivity contribution in [1.29, 1.82) is 0 Å². The van der Waals surface area contributed by atoms with Crippen LogP contribution in [0.2, 0.25) is 0 Å². The first-order valence-corrected chi connectivity index (χ1v) is 5.17. The number of rotatable bonds is 4. The lowest BCUT2D eigenvalue weighted by molar-refractivity contribution is -0.138. The van der Waals surface area contributed by atoms with E-state index in [0.29, 0.717) is 0 Å². The summed E-state index contributed by atoms with van der Waals surface area (Å²) < 4.78 is 0. The zero-order chi connectivity index (χ0) is 12.1. The molecule has 1 aromatic carbocycles. The van der Waals surface area contributed by atoms with Crippen LogP contribution in [0, 0.1) is 0 Å². The number of ketones is 1. The Labute approximate surface area is 94.8 Å². The Kier molecular flexibility index (Phi) is 4.19. The topological polar surface area (TPSA) is 72.2 Å². The van der Waals surface area contributed by atoms with Crippen LogP contribution >= 0.6 is 0 Å². The van der Waals surface area contributed by atoms with Crippen molar-refractivity contribution >= 4 is 11.7 Å². The Bertz CT molecular complexity index is 374. The molecule has 1 amide bonds. The SMILES string of the molecule is CC(NC(=O)C(=O)[C@H](C)N)c1ccccc1. The number of carbonyl (C=O) groups is 2. The Morgan fingerprint density at radius 2 is 1.75 bits per heavy atom. The van der Waals surface area contributed by atoms with Crippen molar-refractivity contribution in [3.05, 3.63) is 35.9 Å². The third kappa shape index (κ3) is 3.17. The van der Waals surface area contributed by atoms with Crippen LogP contribution in [-0.2, 0) is 9.59 Å². The minimum Gasteiger partial charge on any atom is -0.343 e. The summed E-state index contributed by atoms with van der Waals surface area (Å²) in [5.41, 5.74) is 6.29. The van der Waals surface area contributed by atoms with Gasteiger partial charge in [-0.2, -0.15) is 0 Å². The van der Waals surface area contributed by atoms with Gasteiger partial charge in [0, 0.05) is 0 Å². The van der Waals surface area contributed by atoms with Gasteiger partial charge in [-0.3, -0.25) is 9.59 Å². The van der Waals surface area contributed by atoms with E-state index in [-0.39, 0.29) is 6.04 Å². The summed E-state index contributed by atoms with van der Waals surface area (Å²) in [6, 6.07) is 8.48. The molecule has 1 unspecified atom stereocenters. The molecule has 86 valence electrons. The number of nitrogens with one attached hydrogen (secondary N) is 1. The number of Topliss-reactive ketones (excluding diaryl/α,β-unsaturated/α-hetero) is 1. The van der Waals surface area contributed by atoms with Crippen LogP contribution in [0.25, 0.3) is 0 Å². The van der Waals surface area contributed by atoms with Crippen LogP contribution < -0.4 is 11.1 Å². The Morgan fingerprint density at radius 3 is 2.25 bits per heavy atom. The van der Waals surface area contributed by atoms with Gasteiger partial charge in [0.1, 0.15) is 0 Å². The van der Waals surface area contributed by atoms with E-state index in [9.17, 15) is 9.59 Å². The van der Waals surface area contributed by atoms with Crippen molar-refractivity contribution in [3.8, 4) is 0 Å². The Hall–Kier alpha value is -1.68. The lowest BCUT2D eigenvalue weighted by atomic mass is 10.1. The monoisotopic (exact) mass is 220 g/mol. The minimum atomic E-state index is -0.761. The molecule has 0 aliphatic rings. The van der Waals surface area contributed by atoms with Crippen molar-refractivity contribution < 1.29 is 9.59 Å². The zero-order valence-electron chi connectivity index (χ0n) is 9.44. The summed E-state index contributed by atoms with van der Waals surface area (Å²) in [5.74, 6) is -1.23. The molecule has 0 radical (unpaired) electrons. The summed E-state index contributed by atoms with van der Waals surface area (Å²) in [6.07, 6.45) is 0. The molecule has 1 rings (SSSR count). The average Bonchev–Trinajstić information content (AvgIpc) is 2.28. The van der Waals surface area contributed by atoms with Crippen molar-refractivity contribution in [2.45, 2.75) is 25.9 Å². The minimum absolute atomic E-state index is 0.198. The molecule has 0 aromatic heterocycles. The van der Waals surface area contributed by atoms with Gasteiger partial charge in [0.15, 0.2) is 0 Å². The normalized spacial score (nSPS) is 13.9. The molecular formula is C12H16N2O2. The molecule has 0 heterocycles. The van der Waals surface area contributed by atoms with E-state index < -0.39 is 17.7 Å². The van der Waals surface area contributed by atoms with Gasteiger partial charge in [0.05, 0.1) is 12.1 Å². The van der Waals surface area contributed by atoms with E-state index in [1.165, 1.54) is 6.92 Å². The number of nitrogens with two attached hydrogens (primary N) is 1. The Morgan fingerprint density at radius 1 is 1.19 bits per heavy atom. The molecule has 2 atom stereocenters. The first kappa shape index (κ1) is 12.4. The lowest BCUT2D eigenvalue weighted by Crippen LogP contribution is -2.41. The molecule has 0 saturated carbocycles. The smallest absolute Gasteiger partial charge is 0.289 e. The summed E-state index contributed by atoms with van der Waals surface area (Å²) >= 11 is 0. The standard InChI is InChI=1S/C12H16N2O2/c1-8(13)11(15)12(16)14-9(2)10-6-4-3-5-7-10/h3-9H,13H2,1-2H3,(H,14,16)/t8-,9?/m0/s1. The van der Waals surface area contributed by atoms with Gasteiger partial charge in [-0.15, -0.1) is 0 Å². The highest BCUT2D eigenvalue weighted by Crippen LogP contribution is 2.10. The van der Waals surface area contributed by atoms with E-state index in [2.05, 4.69) is 5.32 Å².